The zero-order valence-corrected chi connectivity index (χ0v) is 12.1. The highest BCUT2D eigenvalue weighted by molar-refractivity contribution is 5.49. The van der Waals surface area contributed by atoms with Gasteiger partial charge in [0.05, 0.1) is 0 Å². The van der Waals surface area contributed by atoms with Gasteiger partial charge in [-0.3, -0.25) is 0 Å². The average Bonchev–Trinajstić information content (AvgIpc) is 2.32. The molecule has 0 atom stereocenters. The summed E-state index contributed by atoms with van der Waals surface area (Å²) in [6.07, 6.45) is 5.74. The summed E-state index contributed by atoms with van der Waals surface area (Å²) in [6.45, 7) is 19.6. The Morgan fingerprint density at radius 2 is 1.65 bits per heavy atom. The topological polar surface area (TPSA) is 47.0 Å². The molecule has 0 heterocycles. The van der Waals surface area contributed by atoms with Gasteiger partial charge in [0, 0.05) is 12.7 Å². The van der Waals surface area contributed by atoms with Crippen LogP contribution in [0.1, 0.15) is 27.7 Å². The van der Waals surface area contributed by atoms with E-state index < -0.39 is 0 Å². The summed E-state index contributed by atoms with van der Waals surface area (Å²) in [7, 11) is 1.87. The number of allylic oxidation sites excluding steroid dienone is 5. The van der Waals surface area contributed by atoms with Crippen molar-refractivity contribution >= 4 is 0 Å². The van der Waals surface area contributed by atoms with Crippen molar-refractivity contribution < 1.29 is 0 Å². The van der Waals surface area contributed by atoms with E-state index in [0.717, 1.165) is 22.4 Å². The van der Waals surface area contributed by atoms with Crippen LogP contribution in [-0.4, -0.2) is 7.05 Å². The Kier molecular flexibility index (Phi) is 15.3. The molecule has 4 N–H and O–H groups in total. The van der Waals surface area contributed by atoms with Gasteiger partial charge in [-0.15, -0.1) is 0 Å². The van der Waals surface area contributed by atoms with E-state index >= 15 is 0 Å². The van der Waals surface area contributed by atoms with E-state index in [1.165, 1.54) is 0 Å². The fourth-order valence-corrected chi connectivity index (χ4v) is 1.06. The van der Waals surface area contributed by atoms with Crippen molar-refractivity contribution in [2.45, 2.75) is 27.7 Å². The largest absolute Gasteiger partial charge is 0.388 e. The van der Waals surface area contributed by atoms with Gasteiger partial charge in [-0.1, -0.05) is 57.4 Å². The van der Waals surface area contributed by atoms with Crippen LogP contribution >= 0.6 is 0 Å². The van der Waals surface area contributed by atoms with Crippen molar-refractivity contribution in [3.63, 3.8) is 0 Å². The van der Waals surface area contributed by atoms with Gasteiger partial charge in [0.1, 0.15) is 0 Å². The van der Waals surface area contributed by atoms with E-state index in [9.17, 15) is 0 Å². The normalized spacial score (nSPS) is 10.4. The molecule has 0 fully saturated rings. The standard InChI is InChI=1S/C13H19N.C2H6.H3N/c1-7-10(3)9-11(4)12(5)13(8-2)14-6;1-2;/h7-9,14H,1,4-5H2,2-3,6H3;1-2H3;1H3/b10-9-,13-8+;;. The van der Waals surface area contributed by atoms with E-state index in [4.69, 9.17) is 0 Å². The van der Waals surface area contributed by atoms with Crippen molar-refractivity contribution in [1.29, 1.82) is 0 Å². The van der Waals surface area contributed by atoms with Crippen LogP contribution in [-0.2, 0) is 0 Å². The summed E-state index contributed by atoms with van der Waals surface area (Å²) in [4.78, 5) is 0. The second kappa shape index (κ2) is 12.5. The molecule has 0 saturated heterocycles. The molecular weight excluding hydrogens is 208 g/mol. The lowest BCUT2D eigenvalue weighted by molar-refractivity contribution is 1.00. The van der Waals surface area contributed by atoms with Crippen LogP contribution in [0.25, 0.3) is 0 Å². The van der Waals surface area contributed by atoms with E-state index in [-0.39, 0.29) is 6.15 Å². The molecule has 0 aliphatic heterocycles. The fraction of sp³-hybridized carbons (Fsp3) is 0.333. The Balaban J connectivity index is -0.000000616. The number of rotatable bonds is 5. The summed E-state index contributed by atoms with van der Waals surface area (Å²) < 4.78 is 0. The lowest BCUT2D eigenvalue weighted by Crippen LogP contribution is -2.08. The van der Waals surface area contributed by atoms with Gasteiger partial charge in [-0.25, -0.2) is 0 Å². The molecule has 0 saturated carbocycles. The number of nitrogens with one attached hydrogen (secondary N) is 1. The summed E-state index contributed by atoms with van der Waals surface area (Å²) in [5.74, 6) is 0. The van der Waals surface area contributed by atoms with Crippen molar-refractivity contribution in [1.82, 2.24) is 11.5 Å². The predicted octanol–water partition coefficient (Wildman–Crippen LogP) is 4.54. The molecule has 0 aliphatic carbocycles. The zero-order valence-electron chi connectivity index (χ0n) is 12.1. The smallest absolute Gasteiger partial charge is 0.0367 e. The Bertz CT molecular complexity index is 307. The third-order valence-corrected chi connectivity index (χ3v) is 1.99. The molecule has 2 nitrogen and oxygen atoms in total. The van der Waals surface area contributed by atoms with Gasteiger partial charge in [0.2, 0.25) is 0 Å². The van der Waals surface area contributed by atoms with Gasteiger partial charge in [-0.05, 0) is 25.0 Å². The Morgan fingerprint density at radius 1 is 1.18 bits per heavy atom. The molecule has 0 bridgehead atoms. The minimum Gasteiger partial charge on any atom is -0.388 e. The van der Waals surface area contributed by atoms with Crippen LogP contribution in [0.4, 0.5) is 0 Å². The van der Waals surface area contributed by atoms with Crippen LogP contribution in [0, 0.1) is 0 Å². The SMILES string of the molecule is C=C/C(C)=C\C(=C)C(=C)/C(=C\C)NC.CC.N. The Labute approximate surface area is 107 Å². The van der Waals surface area contributed by atoms with Gasteiger partial charge in [0.15, 0.2) is 0 Å². The van der Waals surface area contributed by atoms with Crippen LogP contribution in [0.5, 0.6) is 0 Å². The molecular formula is C15H28N2. The van der Waals surface area contributed by atoms with Crippen molar-refractivity contribution in [2.75, 3.05) is 7.05 Å². The summed E-state index contributed by atoms with van der Waals surface area (Å²) in [5, 5.41) is 3.07. The van der Waals surface area contributed by atoms with Crippen LogP contribution in [0.2, 0.25) is 0 Å². The molecule has 0 aromatic heterocycles. The number of hydrogen-bond acceptors (Lipinski definition) is 2. The molecule has 0 rings (SSSR count). The first-order chi connectivity index (χ1) is 7.56. The molecule has 2 heteroatoms. The maximum absolute atomic E-state index is 3.97. The second-order valence-electron chi connectivity index (χ2n) is 3.05. The van der Waals surface area contributed by atoms with E-state index in [2.05, 4.69) is 25.1 Å². The molecule has 17 heavy (non-hydrogen) atoms. The van der Waals surface area contributed by atoms with Gasteiger partial charge < -0.3 is 11.5 Å². The highest BCUT2D eigenvalue weighted by Crippen LogP contribution is 2.16. The number of hydrogen-bond donors (Lipinski definition) is 2. The predicted molar refractivity (Wildman–Crippen MR) is 81.4 cm³/mol. The van der Waals surface area contributed by atoms with E-state index in [1.54, 1.807) is 6.08 Å². The Morgan fingerprint density at radius 3 is 1.94 bits per heavy atom. The average molecular weight is 236 g/mol. The van der Waals surface area contributed by atoms with Gasteiger partial charge in [-0.2, -0.15) is 0 Å². The van der Waals surface area contributed by atoms with Crippen LogP contribution in [0.3, 0.4) is 0 Å². The maximum Gasteiger partial charge on any atom is 0.0367 e. The summed E-state index contributed by atoms with van der Waals surface area (Å²) >= 11 is 0. The minimum absolute atomic E-state index is 0. The third-order valence-electron chi connectivity index (χ3n) is 1.99. The lowest BCUT2D eigenvalue weighted by atomic mass is 10.0. The summed E-state index contributed by atoms with van der Waals surface area (Å²) in [6, 6.07) is 0. The first kappa shape index (κ1) is 20.8. The molecule has 0 spiro atoms. The van der Waals surface area contributed by atoms with Gasteiger partial charge >= 0.3 is 0 Å². The Hall–Kier alpha value is -1.54. The van der Waals surface area contributed by atoms with Gasteiger partial charge in [0.25, 0.3) is 0 Å². The zero-order chi connectivity index (χ0) is 13.1. The summed E-state index contributed by atoms with van der Waals surface area (Å²) in [5.41, 5.74) is 3.91. The van der Waals surface area contributed by atoms with Crippen molar-refractivity contribution in [3.8, 4) is 0 Å². The molecule has 0 unspecified atom stereocenters. The molecule has 0 aromatic carbocycles. The minimum atomic E-state index is 0. The van der Waals surface area contributed by atoms with E-state index in [0.29, 0.717) is 0 Å². The quantitative estimate of drug-likeness (QED) is 0.688. The monoisotopic (exact) mass is 236 g/mol. The first-order valence-electron chi connectivity index (χ1n) is 5.60. The molecule has 98 valence electrons. The highest BCUT2D eigenvalue weighted by atomic mass is 14.8. The second-order valence-corrected chi connectivity index (χ2v) is 3.05. The fourth-order valence-electron chi connectivity index (χ4n) is 1.06. The van der Waals surface area contributed by atoms with E-state index in [1.807, 2.05) is 46.9 Å². The van der Waals surface area contributed by atoms with Crippen molar-refractivity contribution in [3.05, 3.63) is 60.4 Å². The molecule has 0 radical (unpaired) electrons. The maximum atomic E-state index is 3.97. The molecule has 0 aliphatic rings. The van der Waals surface area contributed by atoms with Crippen molar-refractivity contribution in [2.24, 2.45) is 0 Å². The first-order valence-corrected chi connectivity index (χ1v) is 5.60. The van der Waals surface area contributed by atoms with Crippen LogP contribution < -0.4 is 11.5 Å². The number of likely N-dealkylation sites (N-methyl/N-ethyl adjacent to an activating group) is 1. The third kappa shape index (κ3) is 8.29. The van der Waals surface area contributed by atoms with Crippen LogP contribution in [0.15, 0.2) is 60.4 Å². The highest BCUT2D eigenvalue weighted by Gasteiger charge is 2.01. The molecule has 0 amide bonds. The molecule has 0 aromatic rings. The lowest BCUT2D eigenvalue weighted by Gasteiger charge is -2.10.